The number of ether oxygens (including phenoxy) is 2. The van der Waals surface area contributed by atoms with Crippen molar-refractivity contribution in [1.82, 2.24) is 0 Å². The quantitative estimate of drug-likeness (QED) is 0.770. The molecule has 2 rings (SSSR count). The first-order valence-corrected chi connectivity index (χ1v) is 7.54. The zero-order chi connectivity index (χ0) is 16.8. The van der Waals surface area contributed by atoms with Gasteiger partial charge in [-0.3, -0.25) is 0 Å². The number of aliphatic hydroxyl groups excluding tert-OH is 1. The largest absolute Gasteiger partial charge is 0.493 e. The first-order valence-electron chi connectivity index (χ1n) is 7.17. The fraction of sp³-hybridized carbons (Fsp3) is 0.294. The fourth-order valence-electron chi connectivity index (χ4n) is 2.16. The maximum Gasteiger partial charge on any atom is 0.161 e. The highest BCUT2D eigenvalue weighted by Gasteiger charge is 2.13. The van der Waals surface area contributed by atoms with E-state index >= 15 is 0 Å². The minimum Gasteiger partial charge on any atom is -0.493 e. The Morgan fingerprint density at radius 2 is 2.00 bits per heavy atom. The summed E-state index contributed by atoms with van der Waals surface area (Å²) < 4.78 is 24.7. The lowest BCUT2D eigenvalue weighted by molar-refractivity contribution is 0.274. The van der Waals surface area contributed by atoms with E-state index in [2.05, 4.69) is 0 Å². The molecule has 0 amide bonds. The van der Waals surface area contributed by atoms with Crippen LogP contribution in [0.4, 0.5) is 4.39 Å². The number of nitrogens with two attached hydrogens (primary N) is 1. The number of hydrogen-bond donors (Lipinski definition) is 2. The fourth-order valence-corrected chi connectivity index (χ4v) is 2.38. The molecule has 0 radical (unpaired) electrons. The number of rotatable bonds is 7. The summed E-state index contributed by atoms with van der Waals surface area (Å²) in [4.78, 5) is 0. The van der Waals surface area contributed by atoms with Gasteiger partial charge in [-0.05, 0) is 36.2 Å². The maximum atomic E-state index is 13.8. The molecule has 132 valence electrons. The zero-order valence-corrected chi connectivity index (χ0v) is 14.7. The topological polar surface area (TPSA) is 64.7 Å². The van der Waals surface area contributed by atoms with E-state index in [1.807, 2.05) is 0 Å². The molecule has 0 aromatic heterocycles. The summed E-state index contributed by atoms with van der Waals surface area (Å²) in [6.07, 6.45) is 0.453. The molecule has 0 bridgehead atoms. The lowest BCUT2D eigenvalue weighted by Gasteiger charge is -2.16. The Morgan fingerprint density at radius 1 is 1.25 bits per heavy atom. The maximum absolute atomic E-state index is 13.8. The average molecular weight is 376 g/mol. The van der Waals surface area contributed by atoms with Gasteiger partial charge in [-0.2, -0.15) is 0 Å². The second-order valence-corrected chi connectivity index (χ2v) is 5.43. The second kappa shape index (κ2) is 9.69. The molecular formula is C17H20Cl2FNO3. The molecule has 0 aliphatic carbocycles. The first kappa shape index (κ1) is 20.5. The summed E-state index contributed by atoms with van der Waals surface area (Å²) in [5.41, 5.74) is 7.08. The van der Waals surface area contributed by atoms with Gasteiger partial charge in [0.05, 0.1) is 12.1 Å². The molecule has 0 saturated carbocycles. The molecule has 4 nitrogen and oxygen atoms in total. The molecule has 0 fully saturated rings. The van der Waals surface area contributed by atoms with Crippen LogP contribution in [0.5, 0.6) is 11.5 Å². The van der Waals surface area contributed by atoms with Crippen LogP contribution < -0.4 is 15.2 Å². The van der Waals surface area contributed by atoms with Gasteiger partial charge in [0.1, 0.15) is 12.4 Å². The van der Waals surface area contributed by atoms with Crippen LogP contribution in [-0.4, -0.2) is 18.8 Å². The van der Waals surface area contributed by atoms with Crippen LogP contribution in [0.25, 0.3) is 0 Å². The molecule has 2 aromatic rings. The van der Waals surface area contributed by atoms with Crippen LogP contribution in [0.3, 0.4) is 0 Å². The Kier molecular flexibility index (Phi) is 8.28. The SMILES string of the molecule is COc1cc(C(N)CCO)ccc1OCc1c(F)cccc1Cl.Cl. The highest BCUT2D eigenvalue weighted by molar-refractivity contribution is 6.31. The highest BCUT2D eigenvalue weighted by atomic mass is 35.5. The Balaban J connectivity index is 0.00000288. The summed E-state index contributed by atoms with van der Waals surface area (Å²) in [5.74, 6) is 0.535. The van der Waals surface area contributed by atoms with Gasteiger partial charge in [0.15, 0.2) is 11.5 Å². The normalized spacial score (nSPS) is 11.5. The highest BCUT2D eigenvalue weighted by Crippen LogP contribution is 2.32. The summed E-state index contributed by atoms with van der Waals surface area (Å²) in [5, 5.41) is 9.27. The summed E-state index contributed by atoms with van der Waals surface area (Å²) in [7, 11) is 1.51. The van der Waals surface area contributed by atoms with Crippen molar-refractivity contribution >= 4 is 24.0 Å². The minimum atomic E-state index is -0.418. The van der Waals surface area contributed by atoms with E-state index in [1.165, 1.54) is 13.2 Å². The van der Waals surface area contributed by atoms with E-state index in [0.29, 0.717) is 22.9 Å². The van der Waals surface area contributed by atoms with Crippen molar-refractivity contribution in [3.63, 3.8) is 0 Å². The summed E-state index contributed by atoms with van der Waals surface area (Å²) in [6, 6.07) is 9.44. The molecule has 0 aliphatic rings. The van der Waals surface area contributed by atoms with E-state index in [4.69, 9.17) is 31.9 Å². The molecule has 1 atom stereocenters. The number of benzene rings is 2. The molecule has 2 aromatic carbocycles. The first-order chi connectivity index (χ1) is 11.1. The van der Waals surface area contributed by atoms with Gasteiger partial charge in [0.25, 0.3) is 0 Å². The van der Waals surface area contributed by atoms with Gasteiger partial charge in [-0.15, -0.1) is 12.4 Å². The van der Waals surface area contributed by atoms with Crippen molar-refractivity contribution < 1.29 is 19.0 Å². The van der Waals surface area contributed by atoms with E-state index in [9.17, 15) is 4.39 Å². The number of hydrogen-bond acceptors (Lipinski definition) is 4. The van der Waals surface area contributed by atoms with Gasteiger partial charge in [-0.1, -0.05) is 23.7 Å². The number of methoxy groups -OCH3 is 1. The predicted molar refractivity (Wildman–Crippen MR) is 94.6 cm³/mol. The van der Waals surface area contributed by atoms with Crippen molar-refractivity contribution in [1.29, 1.82) is 0 Å². The molecule has 0 heterocycles. The van der Waals surface area contributed by atoms with Crippen LogP contribution in [0.1, 0.15) is 23.6 Å². The Hall–Kier alpha value is -1.53. The van der Waals surface area contributed by atoms with Crippen LogP contribution >= 0.6 is 24.0 Å². The number of aliphatic hydroxyl groups is 1. The van der Waals surface area contributed by atoms with Crippen LogP contribution in [-0.2, 0) is 6.61 Å². The Labute approximate surface area is 151 Å². The van der Waals surface area contributed by atoms with Crippen molar-refractivity contribution in [2.75, 3.05) is 13.7 Å². The van der Waals surface area contributed by atoms with Gasteiger partial charge in [0.2, 0.25) is 0 Å². The molecule has 3 N–H and O–H groups in total. The van der Waals surface area contributed by atoms with Gasteiger partial charge in [-0.25, -0.2) is 4.39 Å². The standard InChI is InChI=1S/C17H19ClFNO3.ClH/c1-22-17-9-11(15(20)7-8-21)5-6-16(17)23-10-12-13(18)3-2-4-14(12)19;/h2-6,9,15,21H,7-8,10,20H2,1H3;1H. The monoisotopic (exact) mass is 375 g/mol. The molecule has 0 aliphatic heterocycles. The predicted octanol–water partition coefficient (Wildman–Crippen LogP) is 3.87. The smallest absolute Gasteiger partial charge is 0.161 e. The number of halogens is 3. The summed E-state index contributed by atoms with van der Waals surface area (Å²) in [6.45, 7) is -0.00256. The molecule has 0 saturated heterocycles. The van der Waals surface area contributed by atoms with Crippen LogP contribution in [0, 0.1) is 5.82 Å². The third kappa shape index (κ3) is 4.98. The van der Waals surface area contributed by atoms with Crippen molar-refractivity contribution in [2.24, 2.45) is 5.73 Å². The van der Waals surface area contributed by atoms with E-state index in [0.717, 1.165) is 5.56 Å². The molecule has 24 heavy (non-hydrogen) atoms. The molecular weight excluding hydrogens is 356 g/mol. The van der Waals surface area contributed by atoms with Crippen molar-refractivity contribution in [3.8, 4) is 11.5 Å². The van der Waals surface area contributed by atoms with Gasteiger partial charge >= 0.3 is 0 Å². The van der Waals surface area contributed by atoms with E-state index in [-0.39, 0.29) is 37.2 Å². The minimum absolute atomic E-state index is 0. The zero-order valence-electron chi connectivity index (χ0n) is 13.2. The third-order valence-corrected chi connectivity index (χ3v) is 3.84. The van der Waals surface area contributed by atoms with Gasteiger partial charge in [0, 0.05) is 18.2 Å². The van der Waals surface area contributed by atoms with Crippen LogP contribution in [0.15, 0.2) is 36.4 Å². The van der Waals surface area contributed by atoms with Gasteiger partial charge < -0.3 is 20.3 Å². The summed E-state index contributed by atoms with van der Waals surface area (Å²) >= 11 is 5.98. The average Bonchev–Trinajstić information content (AvgIpc) is 2.54. The van der Waals surface area contributed by atoms with Crippen molar-refractivity contribution in [3.05, 3.63) is 58.4 Å². The van der Waals surface area contributed by atoms with Crippen molar-refractivity contribution in [2.45, 2.75) is 19.1 Å². The van der Waals surface area contributed by atoms with E-state index < -0.39 is 5.82 Å². The lowest BCUT2D eigenvalue weighted by Crippen LogP contribution is -2.12. The molecule has 0 spiro atoms. The van der Waals surface area contributed by atoms with E-state index in [1.54, 1.807) is 30.3 Å². The second-order valence-electron chi connectivity index (χ2n) is 5.02. The molecule has 1 unspecified atom stereocenters. The third-order valence-electron chi connectivity index (χ3n) is 3.49. The molecule has 7 heteroatoms. The Morgan fingerprint density at radius 3 is 2.62 bits per heavy atom. The lowest BCUT2D eigenvalue weighted by atomic mass is 10.0. The Bertz CT molecular complexity index is 650. The van der Waals surface area contributed by atoms with Crippen LogP contribution in [0.2, 0.25) is 5.02 Å².